The summed E-state index contributed by atoms with van der Waals surface area (Å²) in [5.41, 5.74) is 0.418. The van der Waals surface area contributed by atoms with E-state index < -0.39 is 11.6 Å². The number of carbonyl (C=O) groups excluding carboxylic acids is 1. The third-order valence-corrected chi connectivity index (χ3v) is 4.80. The van der Waals surface area contributed by atoms with Crippen molar-refractivity contribution >= 4 is 17.7 Å². The van der Waals surface area contributed by atoms with E-state index in [0.29, 0.717) is 17.9 Å². The molecule has 150 valence electrons. The van der Waals surface area contributed by atoms with Gasteiger partial charge in [0.1, 0.15) is 17.5 Å². The van der Waals surface area contributed by atoms with Crippen molar-refractivity contribution in [3.8, 4) is 0 Å². The molecule has 0 atom stereocenters. The van der Waals surface area contributed by atoms with E-state index in [1.165, 1.54) is 12.1 Å². The number of halogens is 2. The number of benzene rings is 1. The summed E-state index contributed by atoms with van der Waals surface area (Å²) in [5.74, 6) is 0.421. The van der Waals surface area contributed by atoms with Gasteiger partial charge in [0.15, 0.2) is 0 Å². The Balaban J connectivity index is 1.44. The minimum atomic E-state index is -0.640. The molecule has 1 aromatic heterocycles. The summed E-state index contributed by atoms with van der Waals surface area (Å²) in [6.07, 6.45) is 3.94. The monoisotopic (exact) mass is 389 g/mol. The number of carbonyl (C=O) groups is 1. The number of nitrogens with zero attached hydrogens (tertiary/aromatic N) is 3. The van der Waals surface area contributed by atoms with E-state index in [-0.39, 0.29) is 18.4 Å². The topological polar surface area (TPSA) is 70.2 Å². The van der Waals surface area contributed by atoms with Gasteiger partial charge in [0.05, 0.1) is 0 Å². The van der Waals surface area contributed by atoms with E-state index in [1.54, 1.807) is 6.20 Å². The Hall–Kier alpha value is -2.77. The van der Waals surface area contributed by atoms with Gasteiger partial charge in [0.2, 0.25) is 11.9 Å². The number of rotatable bonds is 7. The molecule has 0 unspecified atom stereocenters. The number of piperidine rings is 1. The minimum absolute atomic E-state index is 0.0976. The summed E-state index contributed by atoms with van der Waals surface area (Å²) in [6, 6.07) is 5.17. The van der Waals surface area contributed by atoms with Crippen LogP contribution >= 0.6 is 0 Å². The van der Waals surface area contributed by atoms with E-state index in [9.17, 15) is 13.6 Å². The van der Waals surface area contributed by atoms with E-state index in [2.05, 4.69) is 25.5 Å². The number of nitrogens with one attached hydrogen (secondary N) is 2. The largest absolute Gasteiger partial charge is 0.356 e. The summed E-state index contributed by atoms with van der Waals surface area (Å²) >= 11 is 0. The van der Waals surface area contributed by atoms with Gasteiger partial charge in [0.25, 0.3) is 0 Å². The fourth-order valence-corrected chi connectivity index (χ4v) is 3.38. The number of hydrogen-bond donors (Lipinski definition) is 2. The fourth-order valence-electron chi connectivity index (χ4n) is 3.38. The molecule has 8 heteroatoms. The van der Waals surface area contributed by atoms with Gasteiger partial charge in [-0.05, 0) is 49.4 Å². The quantitative estimate of drug-likeness (QED) is 0.762. The van der Waals surface area contributed by atoms with Crippen molar-refractivity contribution in [3.63, 3.8) is 0 Å². The van der Waals surface area contributed by atoms with Crippen LogP contribution in [-0.4, -0.2) is 35.5 Å². The molecular formula is C20H25F2N5O. The molecule has 0 saturated carbocycles. The molecular weight excluding hydrogens is 364 g/mol. The van der Waals surface area contributed by atoms with Crippen LogP contribution in [0.5, 0.6) is 0 Å². The number of aromatic nitrogens is 2. The van der Waals surface area contributed by atoms with Gasteiger partial charge < -0.3 is 15.5 Å². The summed E-state index contributed by atoms with van der Waals surface area (Å²) in [6.45, 7) is 4.55. The van der Waals surface area contributed by atoms with Crippen molar-refractivity contribution < 1.29 is 13.6 Å². The van der Waals surface area contributed by atoms with Crippen molar-refractivity contribution in [2.45, 2.75) is 32.7 Å². The van der Waals surface area contributed by atoms with Gasteiger partial charge in [-0.25, -0.2) is 13.8 Å². The lowest BCUT2D eigenvalue weighted by atomic mass is 9.93. The molecule has 1 aromatic carbocycles. The van der Waals surface area contributed by atoms with Gasteiger partial charge in [-0.3, -0.25) is 4.79 Å². The van der Waals surface area contributed by atoms with Crippen molar-refractivity contribution in [1.82, 2.24) is 15.3 Å². The van der Waals surface area contributed by atoms with E-state index >= 15 is 0 Å². The van der Waals surface area contributed by atoms with Crippen LogP contribution in [0.1, 0.15) is 31.7 Å². The Bertz CT molecular complexity index is 789. The maximum absolute atomic E-state index is 13.2. The summed E-state index contributed by atoms with van der Waals surface area (Å²) in [5, 5.41) is 5.86. The molecule has 2 heterocycles. The van der Waals surface area contributed by atoms with Gasteiger partial charge >= 0.3 is 0 Å². The molecule has 1 saturated heterocycles. The van der Waals surface area contributed by atoms with Crippen LogP contribution in [0.15, 0.2) is 30.5 Å². The molecule has 0 bridgehead atoms. The first-order valence-electron chi connectivity index (χ1n) is 9.57. The molecule has 1 fully saturated rings. The average Bonchev–Trinajstić information content (AvgIpc) is 2.67. The first-order valence-corrected chi connectivity index (χ1v) is 9.57. The molecule has 2 N–H and O–H groups in total. The van der Waals surface area contributed by atoms with Crippen LogP contribution in [0.25, 0.3) is 0 Å². The smallest absolute Gasteiger partial charge is 0.224 e. The molecule has 0 aliphatic carbocycles. The molecule has 0 spiro atoms. The second-order valence-electron chi connectivity index (χ2n) is 6.96. The Kier molecular flexibility index (Phi) is 6.73. The molecule has 28 heavy (non-hydrogen) atoms. The molecule has 1 aliphatic heterocycles. The maximum atomic E-state index is 13.2. The Morgan fingerprint density at radius 1 is 1.21 bits per heavy atom. The lowest BCUT2D eigenvalue weighted by Crippen LogP contribution is -2.36. The normalized spacial score (nSPS) is 14.8. The molecule has 1 amide bonds. The Labute approximate surface area is 163 Å². The zero-order valence-corrected chi connectivity index (χ0v) is 15.9. The van der Waals surface area contributed by atoms with Crippen molar-refractivity contribution in [2.24, 2.45) is 5.92 Å². The SMILES string of the molecule is CCNc1nccc(N2CCC(CC(=O)NCc3cc(F)cc(F)c3)CC2)n1. The highest BCUT2D eigenvalue weighted by Gasteiger charge is 2.22. The molecule has 2 aromatic rings. The molecule has 1 aliphatic rings. The third-order valence-electron chi connectivity index (χ3n) is 4.80. The van der Waals surface area contributed by atoms with Gasteiger partial charge in [-0.2, -0.15) is 4.98 Å². The van der Waals surface area contributed by atoms with E-state index in [4.69, 9.17) is 0 Å². The van der Waals surface area contributed by atoms with Crippen LogP contribution in [-0.2, 0) is 11.3 Å². The van der Waals surface area contributed by atoms with Gasteiger partial charge in [-0.15, -0.1) is 0 Å². The van der Waals surface area contributed by atoms with Crippen LogP contribution in [0.3, 0.4) is 0 Å². The maximum Gasteiger partial charge on any atom is 0.224 e. The number of amides is 1. The highest BCUT2D eigenvalue weighted by Crippen LogP contribution is 2.24. The molecule has 6 nitrogen and oxygen atoms in total. The Morgan fingerprint density at radius 2 is 1.93 bits per heavy atom. The van der Waals surface area contributed by atoms with Gasteiger partial charge in [-0.1, -0.05) is 0 Å². The first kappa shape index (κ1) is 20.0. The highest BCUT2D eigenvalue weighted by molar-refractivity contribution is 5.76. The summed E-state index contributed by atoms with van der Waals surface area (Å²) in [7, 11) is 0. The van der Waals surface area contributed by atoms with E-state index in [0.717, 1.165) is 44.4 Å². The van der Waals surface area contributed by atoms with E-state index in [1.807, 2.05) is 13.0 Å². The van der Waals surface area contributed by atoms with Crippen LogP contribution in [0.4, 0.5) is 20.5 Å². The average molecular weight is 389 g/mol. The lowest BCUT2D eigenvalue weighted by Gasteiger charge is -2.32. The Morgan fingerprint density at radius 3 is 2.61 bits per heavy atom. The summed E-state index contributed by atoms with van der Waals surface area (Å²) < 4.78 is 26.4. The van der Waals surface area contributed by atoms with Crippen molar-refractivity contribution in [2.75, 3.05) is 29.9 Å². The van der Waals surface area contributed by atoms with Crippen molar-refractivity contribution in [1.29, 1.82) is 0 Å². The highest BCUT2D eigenvalue weighted by atomic mass is 19.1. The fraction of sp³-hybridized carbons (Fsp3) is 0.450. The molecule has 0 radical (unpaired) electrons. The first-order chi connectivity index (χ1) is 13.5. The molecule has 3 rings (SSSR count). The van der Waals surface area contributed by atoms with Gasteiger partial charge in [0, 0.05) is 44.9 Å². The van der Waals surface area contributed by atoms with Crippen molar-refractivity contribution in [3.05, 3.63) is 47.7 Å². The van der Waals surface area contributed by atoms with Crippen LogP contribution in [0.2, 0.25) is 0 Å². The lowest BCUT2D eigenvalue weighted by molar-refractivity contribution is -0.122. The zero-order valence-electron chi connectivity index (χ0n) is 15.9. The summed E-state index contributed by atoms with van der Waals surface area (Å²) in [4.78, 5) is 23.1. The minimum Gasteiger partial charge on any atom is -0.356 e. The predicted molar refractivity (Wildman–Crippen MR) is 104 cm³/mol. The van der Waals surface area contributed by atoms with Crippen LogP contribution in [0, 0.1) is 17.6 Å². The van der Waals surface area contributed by atoms with Crippen LogP contribution < -0.4 is 15.5 Å². The number of anilines is 2. The number of hydrogen-bond acceptors (Lipinski definition) is 5. The standard InChI is InChI=1S/C20H25F2N5O/c1-2-23-20-24-6-3-18(26-20)27-7-4-14(5-8-27)11-19(28)25-13-15-9-16(21)12-17(22)10-15/h3,6,9-10,12,14H,2,4-5,7-8,11,13H2,1H3,(H,25,28)(H,23,24,26). The third kappa shape index (κ3) is 5.61. The predicted octanol–water partition coefficient (Wildman–Crippen LogP) is 3.11. The second-order valence-corrected chi connectivity index (χ2v) is 6.96. The zero-order chi connectivity index (χ0) is 19.9. The second kappa shape index (κ2) is 9.43.